The van der Waals surface area contributed by atoms with Gasteiger partial charge in [-0.05, 0) is 19.8 Å². The van der Waals surface area contributed by atoms with Crippen LogP contribution in [0.3, 0.4) is 0 Å². The third-order valence-electron chi connectivity index (χ3n) is 5.45. The van der Waals surface area contributed by atoms with E-state index in [0.29, 0.717) is 26.1 Å². The largest absolute Gasteiger partial charge is 0.466 e. The summed E-state index contributed by atoms with van der Waals surface area (Å²) in [6, 6.07) is 0. The van der Waals surface area contributed by atoms with Gasteiger partial charge in [0.05, 0.1) is 19.6 Å². The van der Waals surface area contributed by atoms with E-state index in [9.17, 15) is 9.59 Å². The van der Waals surface area contributed by atoms with Gasteiger partial charge in [-0.3, -0.25) is 9.59 Å². The third kappa shape index (κ3) is 13.2. The zero-order valence-corrected chi connectivity index (χ0v) is 19.5. The van der Waals surface area contributed by atoms with Crippen LogP contribution in [-0.4, -0.2) is 43.7 Å². The number of hydrogen-bond donors (Lipinski definition) is 0. The Bertz CT molecular complexity index is 467. The van der Waals surface area contributed by atoms with Gasteiger partial charge in [0.15, 0.2) is 5.79 Å². The number of rotatable bonds is 18. The molecule has 0 bridgehead atoms. The van der Waals surface area contributed by atoms with Crippen molar-refractivity contribution in [2.24, 2.45) is 0 Å². The van der Waals surface area contributed by atoms with Crippen molar-refractivity contribution in [1.29, 1.82) is 0 Å². The number of esters is 2. The number of hydrogen-bond acceptors (Lipinski definition) is 6. The Morgan fingerprint density at radius 2 is 1.43 bits per heavy atom. The monoisotopic (exact) mass is 428 g/mol. The molecule has 0 amide bonds. The van der Waals surface area contributed by atoms with E-state index in [0.717, 1.165) is 25.7 Å². The minimum atomic E-state index is -0.823. The van der Waals surface area contributed by atoms with Crippen molar-refractivity contribution in [2.75, 3.05) is 19.8 Å². The van der Waals surface area contributed by atoms with Gasteiger partial charge in [-0.25, -0.2) is 0 Å². The maximum atomic E-state index is 11.9. The Morgan fingerprint density at radius 3 is 2.13 bits per heavy atom. The highest BCUT2D eigenvalue weighted by atomic mass is 16.7. The topological polar surface area (TPSA) is 71.1 Å². The standard InChI is InChI=1S/C24H44O6/c1-4-6-8-10-12-14-18-27-23(26)16-17-24(3)29-20-21(30-24)19-28-22(25)15-13-11-9-7-5-2/h21H,4-20H2,1-3H3. The molecule has 1 aliphatic heterocycles. The van der Waals surface area contributed by atoms with Gasteiger partial charge in [-0.1, -0.05) is 71.6 Å². The number of carbonyl (C=O) groups is 2. The van der Waals surface area contributed by atoms with E-state index in [1.807, 2.05) is 6.92 Å². The van der Waals surface area contributed by atoms with Gasteiger partial charge in [-0.15, -0.1) is 0 Å². The maximum absolute atomic E-state index is 11.9. The number of unbranched alkanes of at least 4 members (excludes halogenated alkanes) is 9. The predicted octanol–water partition coefficient (Wildman–Crippen LogP) is 5.71. The molecule has 2 atom stereocenters. The molecule has 1 saturated heterocycles. The number of carbonyl (C=O) groups excluding carboxylic acids is 2. The summed E-state index contributed by atoms with van der Waals surface area (Å²) < 4.78 is 22.2. The lowest BCUT2D eigenvalue weighted by Gasteiger charge is -2.22. The van der Waals surface area contributed by atoms with Gasteiger partial charge in [0.25, 0.3) is 0 Å². The molecule has 1 fully saturated rings. The summed E-state index contributed by atoms with van der Waals surface area (Å²) in [4.78, 5) is 23.8. The van der Waals surface area contributed by atoms with Crippen molar-refractivity contribution < 1.29 is 28.5 Å². The van der Waals surface area contributed by atoms with Crippen LogP contribution in [0.2, 0.25) is 0 Å². The molecular weight excluding hydrogens is 384 g/mol. The first-order valence-corrected chi connectivity index (χ1v) is 12.1. The molecule has 0 aromatic heterocycles. The average molecular weight is 429 g/mol. The Balaban J connectivity index is 2.07. The second-order valence-corrected chi connectivity index (χ2v) is 8.52. The fourth-order valence-corrected chi connectivity index (χ4v) is 3.50. The van der Waals surface area contributed by atoms with E-state index >= 15 is 0 Å². The summed E-state index contributed by atoms with van der Waals surface area (Å²) in [5.74, 6) is -1.21. The molecule has 0 radical (unpaired) electrons. The van der Waals surface area contributed by atoms with Crippen molar-refractivity contribution in [2.45, 2.75) is 123 Å². The molecule has 2 unspecified atom stereocenters. The van der Waals surface area contributed by atoms with Crippen molar-refractivity contribution in [1.82, 2.24) is 0 Å². The van der Waals surface area contributed by atoms with Crippen LogP contribution in [0.1, 0.15) is 111 Å². The summed E-state index contributed by atoms with van der Waals surface area (Å²) in [7, 11) is 0. The first-order valence-electron chi connectivity index (χ1n) is 12.1. The fourth-order valence-electron chi connectivity index (χ4n) is 3.50. The van der Waals surface area contributed by atoms with Crippen LogP contribution in [0, 0.1) is 0 Å². The Labute approximate surface area is 183 Å². The summed E-state index contributed by atoms with van der Waals surface area (Å²) in [6.07, 6.45) is 13.4. The summed E-state index contributed by atoms with van der Waals surface area (Å²) in [6.45, 7) is 7.25. The van der Waals surface area contributed by atoms with Crippen molar-refractivity contribution in [3.8, 4) is 0 Å². The Hall–Kier alpha value is -1.14. The molecule has 6 heteroatoms. The van der Waals surface area contributed by atoms with Gasteiger partial charge >= 0.3 is 11.9 Å². The first kappa shape index (κ1) is 26.9. The minimum Gasteiger partial charge on any atom is -0.466 e. The molecule has 6 nitrogen and oxygen atoms in total. The van der Waals surface area contributed by atoms with Crippen LogP contribution in [-0.2, 0) is 28.5 Å². The molecule has 0 spiro atoms. The van der Waals surface area contributed by atoms with E-state index in [1.54, 1.807) is 0 Å². The SMILES string of the molecule is CCCCCCCCOC(=O)CCC1(C)OCC(COC(=O)CCCCCCC)O1. The van der Waals surface area contributed by atoms with E-state index in [1.165, 1.54) is 44.9 Å². The summed E-state index contributed by atoms with van der Waals surface area (Å²) in [5, 5.41) is 0. The minimum absolute atomic E-state index is 0.179. The van der Waals surface area contributed by atoms with E-state index in [2.05, 4.69) is 13.8 Å². The van der Waals surface area contributed by atoms with E-state index in [-0.39, 0.29) is 31.1 Å². The fraction of sp³-hybridized carbons (Fsp3) is 0.917. The molecule has 1 aliphatic rings. The lowest BCUT2D eigenvalue weighted by Crippen LogP contribution is -2.29. The smallest absolute Gasteiger partial charge is 0.305 e. The summed E-state index contributed by atoms with van der Waals surface area (Å²) in [5.41, 5.74) is 0. The lowest BCUT2D eigenvalue weighted by atomic mass is 10.1. The molecule has 0 N–H and O–H groups in total. The van der Waals surface area contributed by atoms with Gasteiger partial charge in [-0.2, -0.15) is 0 Å². The number of ether oxygens (including phenoxy) is 4. The maximum Gasteiger partial charge on any atom is 0.305 e. The molecule has 0 saturated carbocycles. The van der Waals surface area contributed by atoms with Gasteiger partial charge < -0.3 is 18.9 Å². The Kier molecular flexibility index (Phi) is 14.8. The molecule has 176 valence electrons. The van der Waals surface area contributed by atoms with Crippen LogP contribution in [0.25, 0.3) is 0 Å². The van der Waals surface area contributed by atoms with Gasteiger partial charge in [0.1, 0.15) is 12.7 Å². The van der Waals surface area contributed by atoms with Crippen LogP contribution in [0.4, 0.5) is 0 Å². The predicted molar refractivity (Wildman–Crippen MR) is 117 cm³/mol. The third-order valence-corrected chi connectivity index (χ3v) is 5.45. The molecule has 1 rings (SSSR count). The molecule has 0 aliphatic carbocycles. The Morgan fingerprint density at radius 1 is 0.833 bits per heavy atom. The first-order chi connectivity index (χ1) is 14.5. The quantitative estimate of drug-likeness (QED) is 0.206. The second-order valence-electron chi connectivity index (χ2n) is 8.52. The summed E-state index contributed by atoms with van der Waals surface area (Å²) >= 11 is 0. The molecule has 30 heavy (non-hydrogen) atoms. The molecule has 0 aromatic rings. The van der Waals surface area contributed by atoms with Crippen molar-refractivity contribution >= 4 is 11.9 Å². The highest BCUT2D eigenvalue weighted by molar-refractivity contribution is 5.69. The van der Waals surface area contributed by atoms with Crippen LogP contribution in [0.15, 0.2) is 0 Å². The van der Waals surface area contributed by atoms with E-state index < -0.39 is 5.79 Å². The van der Waals surface area contributed by atoms with E-state index in [4.69, 9.17) is 18.9 Å². The lowest BCUT2D eigenvalue weighted by molar-refractivity contribution is -0.174. The highest BCUT2D eigenvalue weighted by Gasteiger charge is 2.38. The van der Waals surface area contributed by atoms with Crippen molar-refractivity contribution in [3.05, 3.63) is 0 Å². The zero-order chi connectivity index (χ0) is 22.1. The van der Waals surface area contributed by atoms with Crippen LogP contribution >= 0.6 is 0 Å². The van der Waals surface area contributed by atoms with Gasteiger partial charge in [0.2, 0.25) is 0 Å². The van der Waals surface area contributed by atoms with Crippen LogP contribution in [0.5, 0.6) is 0 Å². The molecule has 1 heterocycles. The average Bonchev–Trinajstić information content (AvgIpc) is 3.11. The normalized spacial score (nSPS) is 21.0. The zero-order valence-electron chi connectivity index (χ0n) is 19.5. The van der Waals surface area contributed by atoms with Crippen molar-refractivity contribution in [3.63, 3.8) is 0 Å². The highest BCUT2D eigenvalue weighted by Crippen LogP contribution is 2.28. The molecular formula is C24H44O6. The molecule has 0 aromatic carbocycles. The van der Waals surface area contributed by atoms with Crippen LogP contribution < -0.4 is 0 Å². The second kappa shape index (κ2) is 16.5. The van der Waals surface area contributed by atoms with Gasteiger partial charge in [0, 0.05) is 12.8 Å².